The molecule has 6 aromatic rings. The van der Waals surface area contributed by atoms with Crippen molar-refractivity contribution in [2.75, 3.05) is 0 Å². The number of carbonyl (C=O) groups excluding carboxylic acids is 2. The van der Waals surface area contributed by atoms with Gasteiger partial charge in [-0.05, 0) is 57.6 Å². The van der Waals surface area contributed by atoms with Gasteiger partial charge in [-0.1, -0.05) is 146 Å². The fourth-order valence-corrected chi connectivity index (χ4v) is 4.80. The number of esters is 2. The van der Waals surface area contributed by atoms with Crippen molar-refractivity contribution >= 4 is 11.9 Å². The molecular weight excluding hydrogens is 624 g/mol. The Hall–Kier alpha value is -6.14. The zero-order valence-corrected chi connectivity index (χ0v) is 27.9. The molecule has 6 nitrogen and oxygen atoms in total. The average molecular weight is 665 g/mol. The molecule has 0 fully saturated rings. The standard InChI is InChI=1S/2C22H20O3/c2*23-22(25-17-20-9-5-2-6-10-20)15-18-11-13-21(14-12-18)24-16-19-7-3-1-4-8-19/h2*1-14H,15-17H2. The van der Waals surface area contributed by atoms with Crippen LogP contribution in [-0.4, -0.2) is 11.9 Å². The van der Waals surface area contributed by atoms with E-state index in [-0.39, 0.29) is 24.8 Å². The zero-order chi connectivity index (χ0) is 34.6. The lowest BCUT2D eigenvalue weighted by Gasteiger charge is -2.08. The van der Waals surface area contributed by atoms with Crippen molar-refractivity contribution in [3.05, 3.63) is 203 Å². The van der Waals surface area contributed by atoms with Crippen LogP contribution in [-0.2, 0) is 58.3 Å². The summed E-state index contributed by atoms with van der Waals surface area (Å²) in [5.74, 6) is 1.10. The van der Waals surface area contributed by atoms with Crippen LogP contribution >= 0.6 is 0 Å². The first-order chi connectivity index (χ1) is 24.6. The second-order valence-corrected chi connectivity index (χ2v) is 11.5. The van der Waals surface area contributed by atoms with Crippen molar-refractivity contribution in [1.82, 2.24) is 0 Å². The lowest BCUT2D eigenvalue weighted by atomic mass is 10.1. The maximum Gasteiger partial charge on any atom is 0.310 e. The first-order valence-electron chi connectivity index (χ1n) is 16.5. The molecule has 50 heavy (non-hydrogen) atoms. The number of ether oxygens (including phenoxy) is 4. The third-order valence-electron chi connectivity index (χ3n) is 7.53. The van der Waals surface area contributed by atoms with Crippen molar-refractivity contribution in [2.24, 2.45) is 0 Å². The third kappa shape index (κ3) is 12.8. The number of hydrogen-bond acceptors (Lipinski definition) is 6. The lowest BCUT2D eigenvalue weighted by molar-refractivity contribution is -0.145. The summed E-state index contributed by atoms with van der Waals surface area (Å²) in [7, 11) is 0. The maximum atomic E-state index is 11.9. The van der Waals surface area contributed by atoms with E-state index in [4.69, 9.17) is 18.9 Å². The number of hydrogen-bond donors (Lipinski definition) is 0. The molecule has 0 spiro atoms. The normalized spacial score (nSPS) is 10.2. The summed E-state index contributed by atoms with van der Waals surface area (Å²) < 4.78 is 22.1. The molecule has 0 aliphatic carbocycles. The summed E-state index contributed by atoms with van der Waals surface area (Å²) in [4.78, 5) is 23.9. The summed E-state index contributed by atoms with van der Waals surface area (Å²) in [6, 6.07) is 54.4. The molecule has 0 N–H and O–H groups in total. The highest BCUT2D eigenvalue weighted by atomic mass is 16.5. The third-order valence-corrected chi connectivity index (χ3v) is 7.53. The Morgan fingerprint density at radius 1 is 0.320 bits per heavy atom. The molecule has 0 atom stereocenters. The molecule has 0 aliphatic heterocycles. The van der Waals surface area contributed by atoms with Gasteiger partial charge in [-0.3, -0.25) is 9.59 Å². The lowest BCUT2D eigenvalue weighted by Crippen LogP contribution is -2.08. The van der Waals surface area contributed by atoms with Gasteiger partial charge in [0.25, 0.3) is 0 Å². The van der Waals surface area contributed by atoms with Crippen molar-refractivity contribution < 1.29 is 28.5 Å². The molecule has 0 amide bonds. The second kappa shape index (κ2) is 19.6. The van der Waals surface area contributed by atoms with E-state index >= 15 is 0 Å². The minimum atomic E-state index is -0.234. The summed E-state index contributed by atoms with van der Waals surface area (Å²) in [6.45, 7) is 1.66. The summed E-state index contributed by atoms with van der Waals surface area (Å²) >= 11 is 0. The van der Waals surface area contributed by atoms with Gasteiger partial charge in [-0.15, -0.1) is 0 Å². The average Bonchev–Trinajstić information content (AvgIpc) is 3.18. The smallest absolute Gasteiger partial charge is 0.310 e. The van der Waals surface area contributed by atoms with Crippen LogP contribution < -0.4 is 9.47 Å². The topological polar surface area (TPSA) is 71.1 Å². The van der Waals surface area contributed by atoms with Crippen LogP contribution in [0, 0.1) is 0 Å². The van der Waals surface area contributed by atoms with E-state index in [0.717, 1.165) is 44.9 Å². The van der Waals surface area contributed by atoms with Crippen LogP contribution in [0.4, 0.5) is 0 Å². The van der Waals surface area contributed by atoms with E-state index in [2.05, 4.69) is 0 Å². The summed E-state index contributed by atoms with van der Waals surface area (Å²) in [5.41, 5.74) is 6.03. The quantitative estimate of drug-likeness (QED) is 0.108. The first-order valence-corrected chi connectivity index (χ1v) is 16.5. The number of benzene rings is 6. The van der Waals surface area contributed by atoms with Crippen LogP contribution in [0.15, 0.2) is 170 Å². The van der Waals surface area contributed by atoms with Crippen molar-refractivity contribution in [2.45, 2.75) is 39.3 Å². The van der Waals surface area contributed by atoms with Gasteiger partial charge in [-0.2, -0.15) is 0 Å². The van der Waals surface area contributed by atoms with Crippen molar-refractivity contribution in [3.8, 4) is 11.5 Å². The van der Waals surface area contributed by atoms with Gasteiger partial charge in [-0.25, -0.2) is 0 Å². The van der Waals surface area contributed by atoms with Crippen LogP contribution in [0.2, 0.25) is 0 Å². The SMILES string of the molecule is O=C(Cc1ccc(OCc2ccccc2)cc1)OCc1ccccc1.O=C(Cc1ccc(OCc2ccccc2)cc1)OCc1ccccc1. The van der Waals surface area contributed by atoms with Gasteiger partial charge >= 0.3 is 11.9 Å². The van der Waals surface area contributed by atoms with Gasteiger partial charge in [0.2, 0.25) is 0 Å². The van der Waals surface area contributed by atoms with E-state index in [1.165, 1.54) is 0 Å². The Balaban J connectivity index is 0.000000194. The Labute approximate surface area is 293 Å². The molecule has 0 bridgehead atoms. The Bertz CT molecular complexity index is 1700. The van der Waals surface area contributed by atoms with E-state index < -0.39 is 0 Å². The maximum absolute atomic E-state index is 11.9. The molecule has 6 rings (SSSR count). The van der Waals surface area contributed by atoms with E-state index in [1.807, 2.05) is 170 Å². The second-order valence-electron chi connectivity index (χ2n) is 11.5. The fraction of sp³-hybridized carbons (Fsp3) is 0.136. The van der Waals surface area contributed by atoms with E-state index in [9.17, 15) is 9.59 Å². The van der Waals surface area contributed by atoms with Crippen molar-refractivity contribution in [3.63, 3.8) is 0 Å². The van der Waals surface area contributed by atoms with Crippen molar-refractivity contribution in [1.29, 1.82) is 0 Å². The molecule has 252 valence electrons. The Kier molecular flexibility index (Phi) is 13.8. The molecule has 0 saturated carbocycles. The van der Waals surface area contributed by atoms with Crippen LogP contribution in [0.5, 0.6) is 11.5 Å². The molecule has 0 aromatic heterocycles. The molecule has 0 unspecified atom stereocenters. The number of rotatable bonds is 14. The van der Waals surface area contributed by atoms with Crippen LogP contribution in [0.3, 0.4) is 0 Å². The van der Waals surface area contributed by atoms with Gasteiger partial charge < -0.3 is 18.9 Å². The Morgan fingerprint density at radius 2 is 0.600 bits per heavy atom. The van der Waals surface area contributed by atoms with Crippen LogP contribution in [0.25, 0.3) is 0 Å². The summed E-state index contributed by atoms with van der Waals surface area (Å²) in [6.07, 6.45) is 0.512. The minimum absolute atomic E-state index is 0.234. The number of carbonyl (C=O) groups is 2. The largest absolute Gasteiger partial charge is 0.489 e. The molecule has 0 radical (unpaired) electrons. The highest BCUT2D eigenvalue weighted by Crippen LogP contribution is 2.17. The highest BCUT2D eigenvalue weighted by Gasteiger charge is 2.07. The molecule has 6 aromatic carbocycles. The van der Waals surface area contributed by atoms with E-state index in [0.29, 0.717) is 26.4 Å². The predicted molar refractivity (Wildman–Crippen MR) is 194 cm³/mol. The first kappa shape index (κ1) is 35.2. The zero-order valence-electron chi connectivity index (χ0n) is 27.9. The van der Waals surface area contributed by atoms with Gasteiger partial charge in [0.1, 0.15) is 37.9 Å². The summed E-state index contributed by atoms with van der Waals surface area (Å²) in [5, 5.41) is 0. The highest BCUT2D eigenvalue weighted by molar-refractivity contribution is 5.73. The van der Waals surface area contributed by atoms with Gasteiger partial charge in [0.15, 0.2) is 0 Å². The molecule has 0 aliphatic rings. The van der Waals surface area contributed by atoms with Gasteiger partial charge in [0, 0.05) is 0 Å². The Morgan fingerprint density at radius 3 is 0.900 bits per heavy atom. The molecule has 0 saturated heterocycles. The molecule has 0 heterocycles. The predicted octanol–water partition coefficient (Wildman–Crippen LogP) is 9.10. The van der Waals surface area contributed by atoms with Gasteiger partial charge in [0.05, 0.1) is 12.8 Å². The molecular formula is C44H40O6. The molecule has 6 heteroatoms. The van der Waals surface area contributed by atoms with E-state index in [1.54, 1.807) is 0 Å². The monoisotopic (exact) mass is 664 g/mol. The fourth-order valence-electron chi connectivity index (χ4n) is 4.80. The van der Waals surface area contributed by atoms with Crippen LogP contribution in [0.1, 0.15) is 33.4 Å². The minimum Gasteiger partial charge on any atom is -0.489 e.